The summed E-state index contributed by atoms with van der Waals surface area (Å²) in [6.07, 6.45) is 0.240. The SMILES string of the molecule is COc1cccc(C(C)(F)C=O)c1OC. The van der Waals surface area contributed by atoms with Crippen LogP contribution in [0.15, 0.2) is 18.2 Å². The molecule has 0 saturated carbocycles. The van der Waals surface area contributed by atoms with E-state index in [1.54, 1.807) is 12.1 Å². The normalized spacial score (nSPS) is 14.1. The van der Waals surface area contributed by atoms with Crippen molar-refractivity contribution >= 4 is 6.29 Å². The van der Waals surface area contributed by atoms with Gasteiger partial charge in [-0.2, -0.15) is 0 Å². The first-order valence-corrected chi connectivity index (χ1v) is 4.43. The van der Waals surface area contributed by atoms with Crippen LogP contribution in [0.4, 0.5) is 4.39 Å². The van der Waals surface area contributed by atoms with Gasteiger partial charge >= 0.3 is 0 Å². The predicted octanol–water partition coefficient (Wildman–Crippen LogP) is 2.09. The average Bonchev–Trinajstić information content (AvgIpc) is 2.27. The molecule has 0 aliphatic heterocycles. The standard InChI is InChI=1S/C11H13FO3/c1-11(12,7-13)8-5-4-6-9(14-2)10(8)15-3/h4-7H,1-3H3. The van der Waals surface area contributed by atoms with Crippen LogP contribution in [-0.4, -0.2) is 20.5 Å². The van der Waals surface area contributed by atoms with Crippen LogP contribution in [0.5, 0.6) is 11.5 Å². The summed E-state index contributed by atoms with van der Waals surface area (Å²) in [6, 6.07) is 4.75. The van der Waals surface area contributed by atoms with Crippen LogP contribution in [0, 0.1) is 0 Å². The second kappa shape index (κ2) is 4.29. The van der Waals surface area contributed by atoms with E-state index in [1.807, 2.05) is 0 Å². The molecule has 0 fully saturated rings. The smallest absolute Gasteiger partial charge is 0.191 e. The molecule has 0 aliphatic rings. The quantitative estimate of drug-likeness (QED) is 0.717. The van der Waals surface area contributed by atoms with E-state index in [9.17, 15) is 9.18 Å². The van der Waals surface area contributed by atoms with Gasteiger partial charge in [-0.05, 0) is 13.0 Å². The summed E-state index contributed by atoms with van der Waals surface area (Å²) in [6.45, 7) is 1.18. The lowest BCUT2D eigenvalue weighted by Crippen LogP contribution is -2.18. The van der Waals surface area contributed by atoms with Gasteiger partial charge in [-0.15, -0.1) is 0 Å². The Morgan fingerprint density at radius 3 is 2.47 bits per heavy atom. The van der Waals surface area contributed by atoms with E-state index >= 15 is 0 Å². The lowest BCUT2D eigenvalue weighted by Gasteiger charge is -2.18. The van der Waals surface area contributed by atoms with Crippen LogP contribution in [0.1, 0.15) is 12.5 Å². The van der Waals surface area contributed by atoms with Crippen LogP contribution >= 0.6 is 0 Å². The van der Waals surface area contributed by atoms with Crippen molar-refractivity contribution in [1.82, 2.24) is 0 Å². The van der Waals surface area contributed by atoms with Gasteiger partial charge in [0.2, 0.25) is 0 Å². The fraction of sp³-hybridized carbons (Fsp3) is 0.364. The number of rotatable bonds is 4. The van der Waals surface area contributed by atoms with Gasteiger partial charge in [0.05, 0.1) is 14.2 Å². The number of ether oxygens (including phenoxy) is 2. The molecule has 82 valence electrons. The molecule has 0 amide bonds. The molecule has 3 nitrogen and oxygen atoms in total. The van der Waals surface area contributed by atoms with Crippen LogP contribution in [0.25, 0.3) is 0 Å². The fourth-order valence-corrected chi connectivity index (χ4v) is 1.34. The predicted molar refractivity (Wildman–Crippen MR) is 54.1 cm³/mol. The van der Waals surface area contributed by atoms with Crippen molar-refractivity contribution < 1.29 is 18.7 Å². The summed E-state index contributed by atoms with van der Waals surface area (Å²) in [5.74, 6) is 0.651. The molecule has 1 rings (SSSR count). The molecule has 0 N–H and O–H groups in total. The topological polar surface area (TPSA) is 35.5 Å². The van der Waals surface area contributed by atoms with Gasteiger partial charge in [0.1, 0.15) is 0 Å². The van der Waals surface area contributed by atoms with E-state index < -0.39 is 5.67 Å². The highest BCUT2D eigenvalue weighted by Crippen LogP contribution is 2.38. The molecular formula is C11H13FO3. The molecule has 0 heterocycles. The van der Waals surface area contributed by atoms with Crippen molar-refractivity contribution in [3.8, 4) is 11.5 Å². The number of carbonyl (C=O) groups excluding carboxylic acids is 1. The molecule has 0 saturated heterocycles. The minimum Gasteiger partial charge on any atom is -0.493 e. The molecule has 0 radical (unpaired) electrons. The summed E-state index contributed by atoms with van der Waals surface area (Å²) >= 11 is 0. The lowest BCUT2D eigenvalue weighted by atomic mass is 9.98. The summed E-state index contributed by atoms with van der Waals surface area (Å²) in [5.41, 5.74) is -1.90. The van der Waals surface area contributed by atoms with E-state index in [2.05, 4.69) is 0 Å². The van der Waals surface area contributed by atoms with Crippen LogP contribution in [0.3, 0.4) is 0 Å². The van der Waals surface area contributed by atoms with E-state index in [0.29, 0.717) is 5.75 Å². The van der Waals surface area contributed by atoms with Crippen molar-refractivity contribution in [1.29, 1.82) is 0 Å². The minimum absolute atomic E-state index is 0.166. The van der Waals surface area contributed by atoms with Crippen molar-refractivity contribution in [3.05, 3.63) is 23.8 Å². The second-order valence-electron chi connectivity index (χ2n) is 3.23. The maximum absolute atomic E-state index is 13.8. The van der Waals surface area contributed by atoms with Crippen molar-refractivity contribution in [3.63, 3.8) is 0 Å². The Kier molecular flexibility index (Phi) is 3.29. The molecular weight excluding hydrogens is 199 g/mol. The zero-order valence-electron chi connectivity index (χ0n) is 8.91. The Morgan fingerprint density at radius 1 is 1.33 bits per heavy atom. The molecule has 1 unspecified atom stereocenters. The van der Waals surface area contributed by atoms with Gasteiger partial charge in [-0.1, -0.05) is 12.1 Å². The molecule has 1 aromatic rings. The van der Waals surface area contributed by atoms with Gasteiger partial charge in [-0.3, -0.25) is 4.79 Å². The van der Waals surface area contributed by atoms with Gasteiger partial charge in [0.15, 0.2) is 23.5 Å². The summed E-state index contributed by atoms with van der Waals surface area (Å²) in [7, 11) is 2.86. The van der Waals surface area contributed by atoms with Crippen molar-refractivity contribution in [2.75, 3.05) is 14.2 Å². The van der Waals surface area contributed by atoms with Gasteiger partial charge in [0, 0.05) is 5.56 Å². The highest BCUT2D eigenvalue weighted by atomic mass is 19.1. The van der Waals surface area contributed by atoms with Gasteiger partial charge in [0.25, 0.3) is 0 Å². The first-order chi connectivity index (χ1) is 7.06. The van der Waals surface area contributed by atoms with Crippen LogP contribution < -0.4 is 9.47 Å². The monoisotopic (exact) mass is 212 g/mol. The molecule has 0 bridgehead atoms. The maximum Gasteiger partial charge on any atom is 0.191 e. The largest absolute Gasteiger partial charge is 0.493 e. The number of hydrogen-bond donors (Lipinski definition) is 0. The Bertz CT molecular complexity index is 361. The third-order valence-corrected chi connectivity index (χ3v) is 2.15. The summed E-state index contributed by atoms with van der Waals surface area (Å²) < 4.78 is 23.9. The number of alkyl halides is 1. The van der Waals surface area contributed by atoms with E-state index in [0.717, 1.165) is 0 Å². The average molecular weight is 212 g/mol. The number of halogens is 1. The molecule has 0 spiro atoms. The Balaban J connectivity index is 3.35. The third kappa shape index (κ3) is 2.09. The van der Waals surface area contributed by atoms with Crippen LogP contribution in [0.2, 0.25) is 0 Å². The summed E-state index contributed by atoms with van der Waals surface area (Å²) in [5, 5.41) is 0. The van der Waals surface area contributed by atoms with Crippen LogP contribution in [-0.2, 0) is 10.5 Å². The molecule has 0 aliphatic carbocycles. The number of aldehydes is 1. The zero-order valence-corrected chi connectivity index (χ0v) is 8.91. The minimum atomic E-state index is -2.07. The Morgan fingerprint density at radius 2 is 2.00 bits per heavy atom. The molecule has 0 aromatic heterocycles. The van der Waals surface area contributed by atoms with E-state index in [4.69, 9.17) is 9.47 Å². The lowest BCUT2D eigenvalue weighted by molar-refractivity contribution is -0.117. The van der Waals surface area contributed by atoms with Crippen molar-refractivity contribution in [2.45, 2.75) is 12.6 Å². The second-order valence-corrected chi connectivity index (χ2v) is 3.23. The van der Waals surface area contributed by atoms with Gasteiger partial charge < -0.3 is 9.47 Å². The van der Waals surface area contributed by atoms with E-state index in [-0.39, 0.29) is 17.6 Å². The Hall–Kier alpha value is -1.58. The number of carbonyl (C=O) groups is 1. The van der Waals surface area contributed by atoms with E-state index in [1.165, 1.54) is 27.2 Å². The first-order valence-electron chi connectivity index (χ1n) is 4.43. The molecule has 15 heavy (non-hydrogen) atoms. The number of benzene rings is 1. The maximum atomic E-state index is 13.8. The van der Waals surface area contributed by atoms with Crippen molar-refractivity contribution in [2.24, 2.45) is 0 Å². The third-order valence-electron chi connectivity index (χ3n) is 2.15. The molecule has 4 heteroatoms. The first kappa shape index (κ1) is 11.5. The van der Waals surface area contributed by atoms with Gasteiger partial charge in [-0.25, -0.2) is 4.39 Å². The molecule has 1 atom stereocenters. The number of methoxy groups -OCH3 is 2. The number of para-hydroxylation sites is 1. The highest BCUT2D eigenvalue weighted by Gasteiger charge is 2.30. The summed E-state index contributed by atoms with van der Waals surface area (Å²) in [4.78, 5) is 10.6. The zero-order chi connectivity index (χ0) is 11.5. The molecule has 1 aromatic carbocycles. The Labute approximate surface area is 87.8 Å². The number of hydrogen-bond acceptors (Lipinski definition) is 3. The highest BCUT2D eigenvalue weighted by molar-refractivity contribution is 5.69. The fourth-order valence-electron chi connectivity index (χ4n) is 1.34.